The maximum Gasteiger partial charge on any atom is 0.433 e. The Labute approximate surface area is 138 Å². The van der Waals surface area contributed by atoms with Crippen molar-refractivity contribution in [1.29, 1.82) is 0 Å². The van der Waals surface area contributed by atoms with Gasteiger partial charge in [0.15, 0.2) is 0 Å². The van der Waals surface area contributed by atoms with E-state index in [1.807, 2.05) is 12.2 Å². The molecule has 0 amide bonds. The van der Waals surface area contributed by atoms with Gasteiger partial charge in [-0.25, -0.2) is 4.98 Å². The lowest BCUT2D eigenvalue weighted by Crippen LogP contribution is -2.41. The molecule has 0 bridgehead atoms. The molecule has 0 saturated carbocycles. The van der Waals surface area contributed by atoms with Crippen LogP contribution in [0.5, 0.6) is 0 Å². The summed E-state index contributed by atoms with van der Waals surface area (Å²) >= 11 is 0. The minimum absolute atomic E-state index is 0.232. The molecule has 2 atom stereocenters. The first-order valence-electron chi connectivity index (χ1n) is 8.33. The van der Waals surface area contributed by atoms with Crippen LogP contribution >= 0.6 is 0 Å². The Kier molecular flexibility index (Phi) is 5.06. The number of hydrogen-bond donors (Lipinski definition) is 2. The van der Waals surface area contributed by atoms with Crippen molar-refractivity contribution in [2.75, 3.05) is 6.54 Å². The molecule has 2 heterocycles. The van der Waals surface area contributed by atoms with Crippen molar-refractivity contribution in [3.63, 3.8) is 0 Å². The first-order valence-corrected chi connectivity index (χ1v) is 8.33. The predicted octanol–water partition coefficient (Wildman–Crippen LogP) is 2.19. The number of nitrogens with one attached hydrogen (secondary N) is 1. The molecule has 1 aromatic rings. The highest BCUT2D eigenvalue weighted by atomic mass is 19.4. The lowest BCUT2D eigenvalue weighted by Gasteiger charge is -2.24. The normalized spacial score (nSPS) is 22.6. The number of aliphatic hydroxyl groups is 1. The molecule has 1 fully saturated rings. The summed E-state index contributed by atoms with van der Waals surface area (Å²) in [6, 6.07) is 0.774. The molecule has 0 spiro atoms. The number of fused-ring (bicyclic) bond motifs is 1. The van der Waals surface area contributed by atoms with Gasteiger partial charge in [-0.15, -0.1) is 0 Å². The molecule has 3 nitrogen and oxygen atoms in total. The van der Waals surface area contributed by atoms with E-state index in [1.54, 1.807) is 12.2 Å². The minimum Gasteiger partial charge on any atom is -0.387 e. The lowest BCUT2D eigenvalue weighted by atomic mass is 9.96. The van der Waals surface area contributed by atoms with Crippen molar-refractivity contribution >= 4 is 12.2 Å². The lowest BCUT2D eigenvalue weighted by molar-refractivity contribution is -0.141. The van der Waals surface area contributed by atoms with Gasteiger partial charge in [0, 0.05) is 11.3 Å². The third-order valence-corrected chi connectivity index (χ3v) is 4.56. The highest BCUT2D eigenvalue weighted by Crippen LogP contribution is 2.29. The number of halogens is 3. The standard InChI is InChI=1S/C18H21F3N2O/c19-18(20,21)16-11-13(12-7-3-1-4-8-14(12)23-16)17(24)15-9-5-2-6-10-22-15/h1,4,7-8,11,15,17,22,24H,2-3,5-6,9-10H2. The van der Waals surface area contributed by atoms with Crippen LogP contribution in [-0.2, 0) is 6.18 Å². The molecule has 2 N–H and O–H groups in total. The van der Waals surface area contributed by atoms with Gasteiger partial charge in [-0.2, -0.15) is 13.2 Å². The van der Waals surface area contributed by atoms with Crippen LogP contribution < -0.4 is 15.9 Å². The van der Waals surface area contributed by atoms with Crippen LogP contribution in [0.4, 0.5) is 13.2 Å². The zero-order valence-electron chi connectivity index (χ0n) is 13.3. The van der Waals surface area contributed by atoms with Gasteiger partial charge in [0.1, 0.15) is 5.69 Å². The maximum absolute atomic E-state index is 13.2. The average Bonchev–Trinajstić information content (AvgIpc) is 2.95. The SMILES string of the molecule is OC(c1cc(C(F)(F)F)nc2c1=CCC=CC=2)C1CCCCCN1. The zero-order valence-corrected chi connectivity index (χ0v) is 13.3. The molecule has 1 aromatic heterocycles. The van der Waals surface area contributed by atoms with Gasteiger partial charge < -0.3 is 10.4 Å². The topological polar surface area (TPSA) is 45.2 Å². The van der Waals surface area contributed by atoms with Crippen LogP contribution in [0.25, 0.3) is 12.2 Å². The largest absolute Gasteiger partial charge is 0.433 e. The molecule has 24 heavy (non-hydrogen) atoms. The Morgan fingerprint density at radius 1 is 1.25 bits per heavy atom. The summed E-state index contributed by atoms with van der Waals surface area (Å²) in [4.78, 5) is 3.76. The number of aromatic nitrogens is 1. The van der Waals surface area contributed by atoms with Gasteiger partial charge in [-0.1, -0.05) is 31.1 Å². The monoisotopic (exact) mass is 338 g/mol. The second-order valence-corrected chi connectivity index (χ2v) is 6.28. The first kappa shape index (κ1) is 17.2. The molecule has 130 valence electrons. The summed E-state index contributed by atoms with van der Waals surface area (Å²) in [5.41, 5.74) is -0.643. The Morgan fingerprint density at radius 3 is 2.88 bits per heavy atom. The quantitative estimate of drug-likeness (QED) is 0.869. The van der Waals surface area contributed by atoms with E-state index in [1.165, 1.54) is 0 Å². The van der Waals surface area contributed by atoms with Gasteiger partial charge >= 0.3 is 6.18 Å². The van der Waals surface area contributed by atoms with Crippen molar-refractivity contribution in [2.45, 2.75) is 50.4 Å². The van der Waals surface area contributed by atoms with E-state index in [9.17, 15) is 18.3 Å². The number of allylic oxidation sites excluding steroid dienone is 2. The Hall–Kier alpha value is -1.66. The van der Waals surface area contributed by atoms with Crippen molar-refractivity contribution in [3.8, 4) is 0 Å². The van der Waals surface area contributed by atoms with Gasteiger partial charge in [-0.05, 0) is 43.5 Å². The van der Waals surface area contributed by atoms with Crippen molar-refractivity contribution in [1.82, 2.24) is 10.3 Å². The second-order valence-electron chi connectivity index (χ2n) is 6.28. The van der Waals surface area contributed by atoms with Crippen LogP contribution in [0.15, 0.2) is 18.2 Å². The number of rotatable bonds is 2. The van der Waals surface area contributed by atoms with Crippen LogP contribution in [0, 0.1) is 0 Å². The molecule has 0 aromatic carbocycles. The third-order valence-electron chi connectivity index (χ3n) is 4.56. The van der Waals surface area contributed by atoms with Crippen LogP contribution in [0.1, 0.15) is 49.5 Å². The van der Waals surface area contributed by atoms with Crippen LogP contribution in [0.2, 0.25) is 0 Å². The van der Waals surface area contributed by atoms with Crippen molar-refractivity contribution in [3.05, 3.63) is 40.0 Å². The highest BCUT2D eigenvalue weighted by molar-refractivity contribution is 5.45. The van der Waals surface area contributed by atoms with Crippen molar-refractivity contribution < 1.29 is 18.3 Å². The van der Waals surface area contributed by atoms with E-state index in [2.05, 4.69) is 10.3 Å². The van der Waals surface area contributed by atoms with Gasteiger partial charge in [0.05, 0.1) is 11.5 Å². The summed E-state index contributed by atoms with van der Waals surface area (Å²) < 4.78 is 39.6. The Bertz CT molecular complexity index is 732. The highest BCUT2D eigenvalue weighted by Gasteiger charge is 2.34. The first-order chi connectivity index (χ1) is 11.5. The van der Waals surface area contributed by atoms with E-state index in [4.69, 9.17) is 0 Å². The van der Waals surface area contributed by atoms with Crippen LogP contribution in [-0.4, -0.2) is 22.7 Å². The summed E-state index contributed by atoms with van der Waals surface area (Å²) in [5.74, 6) is 0. The number of aliphatic hydroxyl groups excluding tert-OH is 1. The molecule has 1 saturated heterocycles. The molecule has 1 aliphatic heterocycles. The van der Waals surface area contributed by atoms with E-state index in [0.29, 0.717) is 17.2 Å². The average molecular weight is 338 g/mol. The van der Waals surface area contributed by atoms with E-state index < -0.39 is 18.0 Å². The molecule has 1 aliphatic carbocycles. The van der Waals surface area contributed by atoms with E-state index >= 15 is 0 Å². The van der Waals surface area contributed by atoms with E-state index in [0.717, 1.165) is 38.3 Å². The molecular weight excluding hydrogens is 317 g/mol. The summed E-state index contributed by atoms with van der Waals surface area (Å²) in [7, 11) is 0. The molecule has 6 heteroatoms. The number of pyridine rings is 1. The molecule has 2 aliphatic rings. The molecule has 3 rings (SSSR count). The maximum atomic E-state index is 13.2. The number of alkyl halides is 3. The molecule has 2 unspecified atom stereocenters. The summed E-state index contributed by atoms with van der Waals surface area (Å²) in [5, 5.41) is 14.9. The fourth-order valence-corrected chi connectivity index (χ4v) is 3.30. The fourth-order valence-electron chi connectivity index (χ4n) is 3.30. The fraction of sp³-hybridized carbons (Fsp3) is 0.500. The van der Waals surface area contributed by atoms with Gasteiger partial charge in [0.25, 0.3) is 0 Å². The minimum atomic E-state index is -4.54. The van der Waals surface area contributed by atoms with Gasteiger partial charge in [0.2, 0.25) is 0 Å². The second kappa shape index (κ2) is 7.07. The Balaban J connectivity index is 2.10. The molecular formula is C18H21F3N2O. The predicted molar refractivity (Wildman–Crippen MR) is 86.4 cm³/mol. The Morgan fingerprint density at radius 2 is 2.08 bits per heavy atom. The van der Waals surface area contributed by atoms with Crippen molar-refractivity contribution in [2.24, 2.45) is 0 Å². The zero-order chi connectivity index (χ0) is 17.2. The third kappa shape index (κ3) is 3.70. The van der Waals surface area contributed by atoms with Gasteiger partial charge in [-0.3, -0.25) is 0 Å². The summed E-state index contributed by atoms with van der Waals surface area (Å²) in [6.45, 7) is 0.776. The number of nitrogens with zero attached hydrogens (tertiary/aromatic N) is 1. The number of hydrogen-bond acceptors (Lipinski definition) is 3. The smallest absolute Gasteiger partial charge is 0.387 e. The van der Waals surface area contributed by atoms with E-state index in [-0.39, 0.29) is 11.4 Å². The van der Waals surface area contributed by atoms with Crippen LogP contribution in [0.3, 0.4) is 0 Å². The summed E-state index contributed by atoms with van der Waals surface area (Å²) in [6.07, 6.45) is 5.86. The molecule has 0 radical (unpaired) electrons.